The second kappa shape index (κ2) is 6.96. The molecule has 1 aliphatic heterocycles. The summed E-state index contributed by atoms with van der Waals surface area (Å²) < 4.78 is 20.7. The van der Waals surface area contributed by atoms with E-state index in [-0.39, 0.29) is 22.8 Å². The fraction of sp³-hybridized carbons (Fsp3) is 0.294. The molecule has 1 aromatic carbocycles. The Kier molecular flexibility index (Phi) is 4.99. The molecule has 7 heteroatoms. The van der Waals surface area contributed by atoms with E-state index < -0.39 is 11.9 Å². The molecule has 2 rings (SSSR count). The van der Waals surface area contributed by atoms with Crippen LogP contribution in [0.3, 0.4) is 0 Å². The molecule has 0 spiro atoms. The number of nitriles is 1. The standard InChI is InChI=1S/C17H18N2O5/c1-9-14(17(20)23-4)15(11(8-18)16(19)24-9)10-5-6-12(21-2)13(7-10)22-3/h5-7,15H,19H2,1-4H3. The van der Waals surface area contributed by atoms with E-state index in [9.17, 15) is 10.1 Å². The monoisotopic (exact) mass is 330 g/mol. The fourth-order valence-corrected chi connectivity index (χ4v) is 2.62. The van der Waals surface area contributed by atoms with Gasteiger partial charge in [0.05, 0.1) is 32.8 Å². The van der Waals surface area contributed by atoms with Crippen LogP contribution in [0.15, 0.2) is 41.0 Å². The molecule has 1 unspecified atom stereocenters. The van der Waals surface area contributed by atoms with Crippen LogP contribution in [0.1, 0.15) is 18.4 Å². The summed E-state index contributed by atoms with van der Waals surface area (Å²) >= 11 is 0. The number of carbonyl (C=O) groups is 1. The molecule has 7 nitrogen and oxygen atoms in total. The van der Waals surface area contributed by atoms with Crippen LogP contribution < -0.4 is 15.2 Å². The van der Waals surface area contributed by atoms with Crippen LogP contribution in [-0.2, 0) is 14.3 Å². The van der Waals surface area contributed by atoms with Gasteiger partial charge >= 0.3 is 5.97 Å². The van der Waals surface area contributed by atoms with E-state index in [2.05, 4.69) is 0 Å². The van der Waals surface area contributed by atoms with Crippen LogP contribution in [0.25, 0.3) is 0 Å². The van der Waals surface area contributed by atoms with E-state index in [1.54, 1.807) is 25.1 Å². The normalized spacial score (nSPS) is 17.0. The van der Waals surface area contributed by atoms with E-state index in [1.165, 1.54) is 21.3 Å². The first-order valence-corrected chi connectivity index (χ1v) is 7.07. The van der Waals surface area contributed by atoms with Gasteiger partial charge in [-0.1, -0.05) is 6.07 Å². The Bertz CT molecular complexity index is 774. The summed E-state index contributed by atoms with van der Waals surface area (Å²) in [6.45, 7) is 1.60. The van der Waals surface area contributed by atoms with Crippen LogP contribution in [0.4, 0.5) is 0 Å². The van der Waals surface area contributed by atoms with Crippen molar-refractivity contribution in [2.75, 3.05) is 21.3 Å². The molecule has 0 saturated carbocycles. The number of benzene rings is 1. The quantitative estimate of drug-likeness (QED) is 0.841. The number of nitrogens with two attached hydrogens (primary N) is 1. The minimum Gasteiger partial charge on any atom is -0.493 e. The first-order valence-electron chi connectivity index (χ1n) is 7.07. The zero-order valence-corrected chi connectivity index (χ0v) is 13.9. The summed E-state index contributed by atoms with van der Waals surface area (Å²) in [5, 5.41) is 9.48. The maximum absolute atomic E-state index is 12.2. The van der Waals surface area contributed by atoms with E-state index in [1.807, 2.05) is 6.07 Å². The molecule has 0 bridgehead atoms. The summed E-state index contributed by atoms with van der Waals surface area (Å²) in [5.74, 6) is -0.0487. The fourth-order valence-electron chi connectivity index (χ4n) is 2.62. The van der Waals surface area contributed by atoms with Crippen molar-refractivity contribution in [2.45, 2.75) is 12.8 Å². The van der Waals surface area contributed by atoms with E-state index in [0.717, 1.165) is 0 Å². The zero-order valence-electron chi connectivity index (χ0n) is 13.9. The Morgan fingerprint density at radius 2 is 1.92 bits per heavy atom. The molecule has 24 heavy (non-hydrogen) atoms. The van der Waals surface area contributed by atoms with Crippen molar-refractivity contribution in [2.24, 2.45) is 5.73 Å². The third-order valence-corrected chi connectivity index (χ3v) is 3.75. The summed E-state index contributed by atoms with van der Waals surface area (Å²) in [7, 11) is 4.29. The Balaban J connectivity index is 2.67. The van der Waals surface area contributed by atoms with Crippen LogP contribution in [0, 0.1) is 11.3 Å². The maximum Gasteiger partial charge on any atom is 0.338 e. The lowest BCUT2D eigenvalue weighted by atomic mass is 9.83. The van der Waals surface area contributed by atoms with Crippen molar-refractivity contribution in [1.82, 2.24) is 0 Å². The van der Waals surface area contributed by atoms with Crippen LogP contribution in [0.5, 0.6) is 11.5 Å². The Hall–Kier alpha value is -3.14. The van der Waals surface area contributed by atoms with Crippen molar-refractivity contribution >= 4 is 5.97 Å². The van der Waals surface area contributed by atoms with Crippen molar-refractivity contribution in [1.29, 1.82) is 5.26 Å². The first-order chi connectivity index (χ1) is 11.5. The number of hydrogen-bond acceptors (Lipinski definition) is 7. The second-order valence-corrected chi connectivity index (χ2v) is 5.00. The molecular weight excluding hydrogens is 312 g/mol. The molecule has 1 aliphatic rings. The predicted octanol–water partition coefficient (Wildman–Crippen LogP) is 1.96. The molecule has 0 aliphatic carbocycles. The topological polar surface area (TPSA) is 104 Å². The van der Waals surface area contributed by atoms with Gasteiger partial charge in [-0.25, -0.2) is 4.79 Å². The van der Waals surface area contributed by atoms with Crippen molar-refractivity contribution in [3.8, 4) is 17.6 Å². The average Bonchev–Trinajstić information content (AvgIpc) is 2.59. The lowest BCUT2D eigenvalue weighted by Crippen LogP contribution is -2.25. The number of allylic oxidation sites excluding steroid dienone is 2. The third-order valence-electron chi connectivity index (χ3n) is 3.75. The number of methoxy groups -OCH3 is 3. The second-order valence-electron chi connectivity index (χ2n) is 5.00. The highest BCUT2D eigenvalue weighted by atomic mass is 16.5. The van der Waals surface area contributed by atoms with Crippen LogP contribution in [0.2, 0.25) is 0 Å². The van der Waals surface area contributed by atoms with E-state index in [0.29, 0.717) is 17.1 Å². The summed E-state index contributed by atoms with van der Waals surface area (Å²) in [4.78, 5) is 12.2. The molecular formula is C17H18N2O5. The molecule has 0 aromatic heterocycles. The molecule has 0 radical (unpaired) electrons. The molecule has 2 N–H and O–H groups in total. The minimum absolute atomic E-state index is 0.0394. The van der Waals surface area contributed by atoms with Gasteiger partial charge in [-0.2, -0.15) is 5.26 Å². The smallest absolute Gasteiger partial charge is 0.338 e. The highest BCUT2D eigenvalue weighted by Crippen LogP contribution is 2.41. The number of hydrogen-bond donors (Lipinski definition) is 1. The lowest BCUT2D eigenvalue weighted by Gasteiger charge is -2.27. The number of esters is 1. The van der Waals surface area contributed by atoms with Gasteiger partial charge in [0, 0.05) is 0 Å². The van der Waals surface area contributed by atoms with Gasteiger partial charge in [0.25, 0.3) is 0 Å². The number of nitrogens with zero attached hydrogens (tertiary/aromatic N) is 1. The van der Waals surface area contributed by atoms with Gasteiger partial charge < -0.3 is 24.7 Å². The zero-order chi connectivity index (χ0) is 17.9. The van der Waals surface area contributed by atoms with Crippen molar-refractivity contribution < 1.29 is 23.7 Å². The number of carbonyl (C=O) groups excluding carboxylic acids is 1. The van der Waals surface area contributed by atoms with Crippen LogP contribution >= 0.6 is 0 Å². The van der Waals surface area contributed by atoms with Gasteiger partial charge in [0.1, 0.15) is 17.4 Å². The SMILES string of the molecule is COC(=O)C1=C(C)OC(N)=C(C#N)C1c1ccc(OC)c(OC)c1. The largest absolute Gasteiger partial charge is 0.493 e. The third kappa shape index (κ3) is 2.86. The number of ether oxygens (including phenoxy) is 4. The molecule has 0 saturated heterocycles. The first kappa shape index (κ1) is 17.2. The van der Waals surface area contributed by atoms with Crippen LogP contribution in [-0.4, -0.2) is 27.3 Å². The molecule has 0 amide bonds. The molecule has 126 valence electrons. The minimum atomic E-state index is -0.712. The summed E-state index contributed by atoms with van der Waals surface area (Å²) in [5.41, 5.74) is 6.82. The average molecular weight is 330 g/mol. The molecule has 1 heterocycles. The van der Waals surface area contributed by atoms with Gasteiger partial charge in [0.2, 0.25) is 5.88 Å². The Labute approximate surface area is 139 Å². The van der Waals surface area contributed by atoms with Crippen molar-refractivity contribution in [3.63, 3.8) is 0 Å². The van der Waals surface area contributed by atoms with E-state index in [4.69, 9.17) is 24.7 Å². The Morgan fingerprint density at radius 1 is 1.25 bits per heavy atom. The Morgan fingerprint density at radius 3 is 2.46 bits per heavy atom. The predicted molar refractivity (Wildman–Crippen MR) is 84.9 cm³/mol. The van der Waals surface area contributed by atoms with Gasteiger partial charge in [-0.05, 0) is 24.6 Å². The molecule has 1 atom stereocenters. The van der Waals surface area contributed by atoms with E-state index >= 15 is 0 Å². The lowest BCUT2D eigenvalue weighted by molar-refractivity contribution is -0.136. The van der Waals surface area contributed by atoms with Gasteiger partial charge in [-0.15, -0.1) is 0 Å². The van der Waals surface area contributed by atoms with Crippen molar-refractivity contribution in [3.05, 3.63) is 46.6 Å². The van der Waals surface area contributed by atoms with Gasteiger partial charge in [-0.3, -0.25) is 0 Å². The highest BCUT2D eigenvalue weighted by Gasteiger charge is 2.36. The highest BCUT2D eigenvalue weighted by molar-refractivity contribution is 5.92. The molecule has 1 aromatic rings. The van der Waals surface area contributed by atoms with Gasteiger partial charge in [0.15, 0.2) is 11.5 Å². The number of rotatable bonds is 4. The maximum atomic E-state index is 12.2. The summed E-state index contributed by atoms with van der Waals surface area (Å²) in [6.07, 6.45) is 0. The molecule has 0 fully saturated rings. The summed E-state index contributed by atoms with van der Waals surface area (Å²) in [6, 6.07) is 7.13.